The fourth-order valence-corrected chi connectivity index (χ4v) is 1.39. The van der Waals surface area contributed by atoms with E-state index in [9.17, 15) is 0 Å². The van der Waals surface area contributed by atoms with Gasteiger partial charge in [0.05, 0.1) is 0 Å². The highest BCUT2D eigenvalue weighted by Crippen LogP contribution is 2.37. The fraction of sp³-hybridized carbons (Fsp3) is 0.429. The molecule has 1 nitrogen and oxygen atoms in total. The Bertz CT molecular complexity index is 204. The average Bonchev–Trinajstić information content (AvgIpc) is 1.78. The van der Waals surface area contributed by atoms with Gasteiger partial charge in [-0.3, -0.25) is 0 Å². The first-order chi connectivity index (χ1) is 4.52. The Morgan fingerprint density at radius 1 is 1.50 bits per heavy atom. The number of hydrogen-bond acceptors (Lipinski definition) is 1. The Hall–Kier alpha value is -0.140. The normalized spacial score (nSPS) is 23.5. The maximum atomic E-state index is 9.11. The molecular weight excluding hydrogens is 171 g/mol. The molecule has 10 heavy (non-hydrogen) atoms. The van der Waals surface area contributed by atoms with Crippen molar-refractivity contribution in [1.82, 2.24) is 0 Å². The third-order valence-corrected chi connectivity index (χ3v) is 2.06. The fourth-order valence-electron chi connectivity index (χ4n) is 0.843. The van der Waals surface area contributed by atoms with Crippen LogP contribution in [0.1, 0.15) is 13.3 Å². The molecule has 0 spiro atoms. The molecule has 56 valence electrons. The molecule has 0 amide bonds. The first-order valence-corrected chi connectivity index (χ1v) is 3.73. The van der Waals surface area contributed by atoms with E-state index in [0.717, 1.165) is 5.57 Å². The number of hydrogen-bond donors (Lipinski definition) is 1. The van der Waals surface area contributed by atoms with Crippen molar-refractivity contribution >= 4 is 23.2 Å². The van der Waals surface area contributed by atoms with Crippen LogP contribution in [0.2, 0.25) is 0 Å². The molecule has 0 heterocycles. The van der Waals surface area contributed by atoms with Crippen molar-refractivity contribution in [1.29, 1.82) is 0 Å². The van der Waals surface area contributed by atoms with Gasteiger partial charge in [0.15, 0.2) is 4.33 Å². The number of aliphatic hydroxyl groups excluding tert-OH is 1. The molecule has 0 atom stereocenters. The van der Waals surface area contributed by atoms with E-state index in [0.29, 0.717) is 6.42 Å². The lowest BCUT2D eigenvalue weighted by Gasteiger charge is -2.21. The van der Waals surface area contributed by atoms with Crippen LogP contribution in [0.5, 0.6) is 0 Å². The Labute approximate surface area is 69.9 Å². The van der Waals surface area contributed by atoms with Crippen LogP contribution in [0, 0.1) is 0 Å². The highest BCUT2D eigenvalue weighted by atomic mass is 35.5. The Morgan fingerprint density at radius 3 is 2.50 bits per heavy atom. The van der Waals surface area contributed by atoms with E-state index >= 15 is 0 Å². The summed E-state index contributed by atoms with van der Waals surface area (Å²) in [6.45, 7) is 1.92. The van der Waals surface area contributed by atoms with Gasteiger partial charge in [-0.05, 0) is 13.0 Å². The highest BCUT2D eigenvalue weighted by molar-refractivity contribution is 6.50. The second-order valence-corrected chi connectivity index (χ2v) is 3.93. The van der Waals surface area contributed by atoms with Crippen LogP contribution in [0.4, 0.5) is 0 Å². The van der Waals surface area contributed by atoms with Gasteiger partial charge in [-0.15, -0.1) is 0 Å². The first-order valence-electron chi connectivity index (χ1n) is 2.97. The SMILES string of the molecule is CC1=CC=C(O)C(Cl)(Cl)C1. The van der Waals surface area contributed by atoms with Gasteiger partial charge >= 0.3 is 0 Å². The molecule has 1 rings (SSSR count). The summed E-state index contributed by atoms with van der Waals surface area (Å²) >= 11 is 11.4. The summed E-state index contributed by atoms with van der Waals surface area (Å²) < 4.78 is -1.10. The highest BCUT2D eigenvalue weighted by Gasteiger charge is 2.31. The van der Waals surface area contributed by atoms with Crippen molar-refractivity contribution in [3.8, 4) is 0 Å². The summed E-state index contributed by atoms with van der Waals surface area (Å²) in [6.07, 6.45) is 3.83. The van der Waals surface area contributed by atoms with Gasteiger partial charge in [0, 0.05) is 6.42 Å². The largest absolute Gasteiger partial charge is 0.509 e. The van der Waals surface area contributed by atoms with Crippen molar-refractivity contribution in [2.24, 2.45) is 0 Å². The van der Waals surface area contributed by atoms with Gasteiger partial charge in [0.1, 0.15) is 5.76 Å². The number of allylic oxidation sites excluding steroid dienone is 4. The van der Waals surface area contributed by atoms with Crippen molar-refractivity contribution in [3.63, 3.8) is 0 Å². The third-order valence-electron chi connectivity index (χ3n) is 1.40. The smallest absolute Gasteiger partial charge is 0.178 e. The standard InChI is InChI=1S/C7H8Cl2O/c1-5-2-3-6(10)7(8,9)4-5/h2-3,10H,4H2,1H3. The van der Waals surface area contributed by atoms with Gasteiger partial charge in [-0.2, -0.15) is 0 Å². The summed E-state index contributed by atoms with van der Waals surface area (Å²) in [5.74, 6) is 0.0291. The minimum absolute atomic E-state index is 0.0291. The molecular formula is C7H8Cl2O. The maximum absolute atomic E-state index is 9.11. The summed E-state index contributed by atoms with van der Waals surface area (Å²) in [5.41, 5.74) is 1.07. The van der Waals surface area contributed by atoms with Gasteiger partial charge in [0.25, 0.3) is 0 Å². The monoisotopic (exact) mass is 178 g/mol. The van der Waals surface area contributed by atoms with Crippen molar-refractivity contribution < 1.29 is 5.11 Å². The molecule has 3 heteroatoms. The second-order valence-electron chi connectivity index (χ2n) is 2.45. The van der Waals surface area contributed by atoms with Gasteiger partial charge in [-0.25, -0.2) is 0 Å². The molecule has 1 N–H and O–H groups in total. The van der Waals surface area contributed by atoms with Gasteiger partial charge in [0.2, 0.25) is 0 Å². The van der Waals surface area contributed by atoms with E-state index in [2.05, 4.69) is 0 Å². The van der Waals surface area contributed by atoms with E-state index in [1.165, 1.54) is 6.08 Å². The summed E-state index contributed by atoms with van der Waals surface area (Å²) in [7, 11) is 0. The summed E-state index contributed by atoms with van der Waals surface area (Å²) in [6, 6.07) is 0. The molecule has 0 aromatic carbocycles. The van der Waals surface area contributed by atoms with Gasteiger partial charge in [-0.1, -0.05) is 34.9 Å². The molecule has 0 saturated carbocycles. The topological polar surface area (TPSA) is 20.2 Å². The average molecular weight is 179 g/mol. The molecule has 0 aromatic heterocycles. The molecule has 0 saturated heterocycles. The zero-order chi connectivity index (χ0) is 7.78. The quantitative estimate of drug-likeness (QED) is 0.566. The molecule has 0 radical (unpaired) electrons. The zero-order valence-electron chi connectivity index (χ0n) is 5.56. The predicted octanol–water partition coefficient (Wildman–Crippen LogP) is 2.95. The molecule has 1 aliphatic carbocycles. The third kappa shape index (κ3) is 1.47. The minimum atomic E-state index is -1.10. The summed E-state index contributed by atoms with van der Waals surface area (Å²) in [4.78, 5) is 0. The zero-order valence-corrected chi connectivity index (χ0v) is 7.08. The van der Waals surface area contributed by atoms with E-state index < -0.39 is 4.33 Å². The Morgan fingerprint density at radius 2 is 2.10 bits per heavy atom. The van der Waals surface area contributed by atoms with E-state index in [1.54, 1.807) is 6.08 Å². The van der Waals surface area contributed by atoms with E-state index in [4.69, 9.17) is 28.3 Å². The molecule has 0 aromatic rings. The van der Waals surface area contributed by atoms with Crippen molar-refractivity contribution in [2.45, 2.75) is 17.7 Å². The number of alkyl halides is 2. The molecule has 0 unspecified atom stereocenters. The molecule has 1 aliphatic rings. The minimum Gasteiger partial charge on any atom is -0.509 e. The van der Waals surface area contributed by atoms with Crippen LogP contribution < -0.4 is 0 Å². The number of halogens is 2. The van der Waals surface area contributed by atoms with Crippen molar-refractivity contribution in [2.75, 3.05) is 0 Å². The molecule has 0 fully saturated rings. The number of rotatable bonds is 0. The first kappa shape index (κ1) is 7.96. The Balaban J connectivity index is 2.89. The van der Waals surface area contributed by atoms with E-state index in [1.807, 2.05) is 6.92 Å². The van der Waals surface area contributed by atoms with Crippen LogP contribution >= 0.6 is 23.2 Å². The molecule has 0 bridgehead atoms. The van der Waals surface area contributed by atoms with Crippen LogP contribution in [-0.2, 0) is 0 Å². The Kier molecular flexibility index (Phi) is 1.97. The second kappa shape index (κ2) is 2.48. The lowest BCUT2D eigenvalue weighted by atomic mass is 10.0. The van der Waals surface area contributed by atoms with Crippen molar-refractivity contribution in [3.05, 3.63) is 23.5 Å². The maximum Gasteiger partial charge on any atom is 0.178 e. The van der Waals surface area contributed by atoms with E-state index in [-0.39, 0.29) is 5.76 Å². The summed E-state index contributed by atoms with van der Waals surface area (Å²) in [5, 5.41) is 9.11. The van der Waals surface area contributed by atoms with Crippen LogP contribution in [-0.4, -0.2) is 9.44 Å². The lowest BCUT2D eigenvalue weighted by Crippen LogP contribution is -2.18. The van der Waals surface area contributed by atoms with Gasteiger partial charge < -0.3 is 5.11 Å². The van der Waals surface area contributed by atoms with Crippen LogP contribution in [0.3, 0.4) is 0 Å². The molecule has 0 aliphatic heterocycles. The number of aliphatic hydroxyl groups is 1. The predicted molar refractivity (Wildman–Crippen MR) is 43.5 cm³/mol. The van der Waals surface area contributed by atoms with Crippen LogP contribution in [0.15, 0.2) is 23.5 Å². The lowest BCUT2D eigenvalue weighted by molar-refractivity contribution is 0.376. The van der Waals surface area contributed by atoms with Crippen LogP contribution in [0.25, 0.3) is 0 Å².